The number of imidazole rings is 1. The van der Waals surface area contributed by atoms with E-state index in [9.17, 15) is 9.59 Å². The molecule has 2 unspecified atom stereocenters. The Morgan fingerprint density at radius 3 is 2.96 bits per heavy atom. The fourth-order valence-corrected chi connectivity index (χ4v) is 2.47. The highest BCUT2D eigenvalue weighted by Crippen LogP contribution is 2.27. The fourth-order valence-electron chi connectivity index (χ4n) is 2.47. The summed E-state index contributed by atoms with van der Waals surface area (Å²) in [6.07, 6.45) is 9.71. The molecule has 2 aromatic rings. The van der Waals surface area contributed by atoms with E-state index in [1.54, 1.807) is 18.2 Å². The van der Waals surface area contributed by atoms with Crippen molar-refractivity contribution in [1.29, 1.82) is 0 Å². The number of esters is 1. The van der Waals surface area contributed by atoms with Gasteiger partial charge in [0.25, 0.3) is 0 Å². The minimum absolute atomic E-state index is 0.321. The molecule has 0 aliphatic heterocycles. The smallest absolute Gasteiger partial charge is 0.327 e. The molecular formula is C18H23N3O4. The number of hydrogen-bond donors (Lipinski definition) is 1. The summed E-state index contributed by atoms with van der Waals surface area (Å²) < 4.78 is 12.1. The summed E-state index contributed by atoms with van der Waals surface area (Å²) in [6, 6.07) is 2.43. The molecule has 1 N–H and O–H groups in total. The molecule has 0 fully saturated rings. The lowest BCUT2D eigenvalue weighted by molar-refractivity contribution is -0.150. The first-order valence-electron chi connectivity index (χ1n) is 8.27. The van der Waals surface area contributed by atoms with Crippen molar-refractivity contribution in [2.45, 2.75) is 32.2 Å². The second-order valence-corrected chi connectivity index (χ2v) is 5.53. The number of carbonyl (C=O) groups is 2. The van der Waals surface area contributed by atoms with Crippen LogP contribution in [0.25, 0.3) is 0 Å². The molecule has 0 saturated carbocycles. The molecule has 2 aromatic heterocycles. The second-order valence-electron chi connectivity index (χ2n) is 5.53. The standard InChI is InChI=1S/C18H23N3O4/c1-3-5-6-11-25-17(22)14(4-2)16(15-8-7-12-24-15)20-18(23)21-10-9-19-13-21/h3,7-10,12-14,16H,1,4-6,11H2,2H3,(H,20,23). The number of unbranched alkanes of at least 4 members (excludes halogenated alkanes) is 1. The summed E-state index contributed by atoms with van der Waals surface area (Å²) in [4.78, 5) is 28.7. The first-order chi connectivity index (χ1) is 12.2. The van der Waals surface area contributed by atoms with Gasteiger partial charge in [0.1, 0.15) is 18.1 Å². The predicted octanol–water partition coefficient (Wildman–Crippen LogP) is 3.31. The fraction of sp³-hybridized carbons (Fsp3) is 0.389. The van der Waals surface area contributed by atoms with Gasteiger partial charge in [-0.05, 0) is 31.4 Å². The van der Waals surface area contributed by atoms with E-state index in [-0.39, 0.29) is 5.97 Å². The van der Waals surface area contributed by atoms with Gasteiger partial charge in [0.15, 0.2) is 0 Å². The number of hydrogen-bond acceptors (Lipinski definition) is 5. The van der Waals surface area contributed by atoms with Crippen molar-refractivity contribution in [1.82, 2.24) is 14.9 Å². The highest BCUT2D eigenvalue weighted by molar-refractivity contribution is 5.79. The third-order valence-corrected chi connectivity index (χ3v) is 3.81. The Hall–Kier alpha value is -2.83. The molecule has 7 heteroatoms. The largest absolute Gasteiger partial charge is 0.467 e. The Bertz CT molecular complexity index is 665. The quantitative estimate of drug-likeness (QED) is 0.428. The third kappa shape index (κ3) is 5.07. The number of carbonyl (C=O) groups excluding carboxylic acids is 2. The summed E-state index contributed by atoms with van der Waals surface area (Å²) in [5.74, 6) is -0.412. The first-order valence-corrected chi connectivity index (χ1v) is 8.27. The zero-order valence-corrected chi connectivity index (χ0v) is 14.3. The van der Waals surface area contributed by atoms with E-state index in [0.717, 1.165) is 12.8 Å². The van der Waals surface area contributed by atoms with Crippen LogP contribution in [0, 0.1) is 5.92 Å². The van der Waals surface area contributed by atoms with Crippen molar-refractivity contribution in [3.05, 3.63) is 55.5 Å². The highest BCUT2D eigenvalue weighted by Gasteiger charge is 2.33. The van der Waals surface area contributed by atoms with E-state index < -0.39 is 18.0 Å². The molecule has 25 heavy (non-hydrogen) atoms. The first kappa shape index (κ1) is 18.5. The van der Waals surface area contributed by atoms with Gasteiger partial charge in [0, 0.05) is 12.4 Å². The molecule has 0 spiro atoms. The van der Waals surface area contributed by atoms with Crippen molar-refractivity contribution in [3.63, 3.8) is 0 Å². The number of amides is 1. The molecule has 0 aliphatic rings. The lowest BCUT2D eigenvalue weighted by Gasteiger charge is -2.24. The van der Waals surface area contributed by atoms with Gasteiger partial charge in [-0.15, -0.1) is 6.58 Å². The van der Waals surface area contributed by atoms with E-state index in [2.05, 4.69) is 16.9 Å². The Morgan fingerprint density at radius 1 is 1.52 bits per heavy atom. The number of nitrogens with one attached hydrogen (secondary N) is 1. The van der Waals surface area contributed by atoms with Crippen LogP contribution in [0.1, 0.15) is 38.0 Å². The van der Waals surface area contributed by atoms with Crippen molar-refractivity contribution >= 4 is 12.0 Å². The van der Waals surface area contributed by atoms with Crippen molar-refractivity contribution < 1.29 is 18.7 Å². The van der Waals surface area contributed by atoms with Crippen LogP contribution in [0.3, 0.4) is 0 Å². The molecule has 0 aromatic carbocycles. The van der Waals surface area contributed by atoms with Gasteiger partial charge < -0.3 is 14.5 Å². The molecule has 2 rings (SSSR count). The molecule has 7 nitrogen and oxygen atoms in total. The van der Waals surface area contributed by atoms with Crippen LogP contribution in [0.2, 0.25) is 0 Å². The van der Waals surface area contributed by atoms with Gasteiger partial charge in [0.05, 0.1) is 18.8 Å². The van der Waals surface area contributed by atoms with E-state index in [1.165, 1.54) is 29.6 Å². The molecule has 1 amide bonds. The Balaban J connectivity index is 2.11. The van der Waals surface area contributed by atoms with E-state index in [0.29, 0.717) is 18.8 Å². The maximum Gasteiger partial charge on any atom is 0.327 e. The number of ether oxygens (including phenoxy) is 1. The molecule has 0 radical (unpaired) electrons. The molecule has 2 atom stereocenters. The molecule has 0 bridgehead atoms. The van der Waals surface area contributed by atoms with Crippen LogP contribution in [-0.4, -0.2) is 28.2 Å². The van der Waals surface area contributed by atoms with Gasteiger partial charge in [-0.2, -0.15) is 0 Å². The molecule has 2 heterocycles. The average molecular weight is 345 g/mol. The second kappa shape index (κ2) is 9.46. The molecule has 134 valence electrons. The zero-order valence-electron chi connectivity index (χ0n) is 14.3. The molecular weight excluding hydrogens is 322 g/mol. The van der Waals surface area contributed by atoms with E-state index >= 15 is 0 Å². The summed E-state index contributed by atoms with van der Waals surface area (Å²) in [6.45, 7) is 5.83. The van der Waals surface area contributed by atoms with Gasteiger partial charge in [0.2, 0.25) is 0 Å². The molecule has 0 aliphatic carbocycles. The normalized spacial score (nSPS) is 13.0. The number of furan rings is 1. The molecule has 0 saturated heterocycles. The zero-order chi connectivity index (χ0) is 18.1. The van der Waals surface area contributed by atoms with Crippen molar-refractivity contribution in [2.24, 2.45) is 5.92 Å². The van der Waals surface area contributed by atoms with Crippen LogP contribution in [0.5, 0.6) is 0 Å². The van der Waals surface area contributed by atoms with Crippen LogP contribution >= 0.6 is 0 Å². The van der Waals surface area contributed by atoms with Gasteiger partial charge in [-0.1, -0.05) is 13.0 Å². The monoisotopic (exact) mass is 345 g/mol. The average Bonchev–Trinajstić information content (AvgIpc) is 3.32. The predicted molar refractivity (Wildman–Crippen MR) is 91.8 cm³/mol. The summed E-state index contributed by atoms with van der Waals surface area (Å²) in [7, 11) is 0. The van der Waals surface area contributed by atoms with Crippen LogP contribution in [0.4, 0.5) is 4.79 Å². The van der Waals surface area contributed by atoms with Gasteiger partial charge in [-0.25, -0.2) is 9.78 Å². The number of allylic oxidation sites excluding steroid dienone is 1. The number of nitrogens with zero attached hydrogens (tertiary/aromatic N) is 2. The highest BCUT2D eigenvalue weighted by atomic mass is 16.5. The summed E-state index contributed by atoms with van der Waals surface area (Å²) in [5.41, 5.74) is 0. The Labute approximate surface area is 146 Å². The minimum Gasteiger partial charge on any atom is -0.467 e. The van der Waals surface area contributed by atoms with Crippen LogP contribution in [0.15, 0.2) is 54.2 Å². The van der Waals surface area contributed by atoms with E-state index in [1.807, 2.05) is 6.92 Å². The summed E-state index contributed by atoms with van der Waals surface area (Å²) >= 11 is 0. The Kier molecular flexibility index (Phi) is 7.00. The van der Waals surface area contributed by atoms with Crippen molar-refractivity contribution in [2.75, 3.05) is 6.61 Å². The lowest BCUT2D eigenvalue weighted by Crippen LogP contribution is -2.39. The third-order valence-electron chi connectivity index (χ3n) is 3.81. The Morgan fingerprint density at radius 2 is 2.36 bits per heavy atom. The topological polar surface area (TPSA) is 86.4 Å². The number of aromatic nitrogens is 2. The van der Waals surface area contributed by atoms with E-state index in [4.69, 9.17) is 9.15 Å². The van der Waals surface area contributed by atoms with Gasteiger partial charge >= 0.3 is 12.0 Å². The lowest BCUT2D eigenvalue weighted by atomic mass is 9.95. The SMILES string of the molecule is C=CCCCOC(=O)C(CC)C(NC(=O)n1ccnc1)c1ccco1. The number of rotatable bonds is 9. The maximum atomic E-state index is 12.5. The minimum atomic E-state index is -0.623. The van der Waals surface area contributed by atoms with Crippen LogP contribution in [-0.2, 0) is 9.53 Å². The van der Waals surface area contributed by atoms with Gasteiger partial charge in [-0.3, -0.25) is 9.36 Å². The summed E-state index contributed by atoms with van der Waals surface area (Å²) in [5, 5.41) is 2.83. The van der Waals surface area contributed by atoms with Crippen molar-refractivity contribution in [3.8, 4) is 0 Å². The van der Waals surface area contributed by atoms with Crippen LogP contribution < -0.4 is 5.32 Å². The maximum absolute atomic E-state index is 12.5.